The number of sulfonamides is 1. The largest absolute Gasteiger partial charge is 0.475 e. The van der Waals surface area contributed by atoms with Crippen molar-refractivity contribution in [2.45, 2.75) is 24.4 Å². The molecule has 25 heavy (non-hydrogen) atoms. The van der Waals surface area contributed by atoms with E-state index in [4.69, 9.17) is 9.52 Å². The highest BCUT2D eigenvalue weighted by Gasteiger charge is 2.35. The molecular formula is C14H18F2N2O6S. The van der Waals surface area contributed by atoms with Gasteiger partial charge in [-0.25, -0.2) is 22.0 Å². The van der Waals surface area contributed by atoms with E-state index in [9.17, 15) is 26.8 Å². The summed E-state index contributed by atoms with van der Waals surface area (Å²) in [7, 11) is -2.72. The quantitative estimate of drug-likeness (QED) is 0.792. The van der Waals surface area contributed by atoms with Gasteiger partial charge < -0.3 is 14.4 Å². The number of carboxylic acid groups (broad SMARTS) is 1. The smallest absolute Gasteiger partial charge is 0.371 e. The Bertz CT molecular complexity index is 740. The number of furan rings is 1. The van der Waals surface area contributed by atoms with E-state index in [1.807, 2.05) is 0 Å². The number of amides is 1. The van der Waals surface area contributed by atoms with E-state index in [0.717, 1.165) is 21.3 Å². The van der Waals surface area contributed by atoms with Crippen LogP contribution in [0.3, 0.4) is 0 Å². The van der Waals surface area contributed by atoms with E-state index >= 15 is 0 Å². The van der Waals surface area contributed by atoms with Gasteiger partial charge in [0.1, 0.15) is 0 Å². The zero-order valence-electron chi connectivity index (χ0n) is 13.4. The highest BCUT2D eigenvalue weighted by Crippen LogP contribution is 2.26. The molecule has 2 rings (SSSR count). The van der Waals surface area contributed by atoms with Gasteiger partial charge in [-0.1, -0.05) is 0 Å². The molecule has 1 fully saturated rings. The molecule has 1 aromatic heterocycles. The van der Waals surface area contributed by atoms with E-state index in [1.165, 1.54) is 7.05 Å². The monoisotopic (exact) mass is 380 g/mol. The Hall–Kier alpha value is -2.01. The third kappa shape index (κ3) is 4.34. The fourth-order valence-electron chi connectivity index (χ4n) is 2.65. The number of hydrogen-bond donors (Lipinski definition) is 1. The highest BCUT2D eigenvalue weighted by molar-refractivity contribution is 7.89. The average Bonchev–Trinajstić information content (AvgIpc) is 3.04. The fraction of sp³-hybridized carbons (Fsp3) is 0.571. The Morgan fingerprint density at radius 3 is 2.44 bits per heavy atom. The predicted octanol–water partition coefficient (Wildman–Crippen LogP) is 1.10. The minimum absolute atomic E-state index is 0.0182. The second kappa shape index (κ2) is 7.48. The van der Waals surface area contributed by atoms with Gasteiger partial charge in [0.25, 0.3) is 16.4 Å². The number of aromatic carboxylic acids is 1. The molecule has 11 heteroatoms. The van der Waals surface area contributed by atoms with Crippen molar-refractivity contribution in [3.63, 3.8) is 0 Å². The third-order valence-corrected chi connectivity index (χ3v) is 5.75. The van der Waals surface area contributed by atoms with Crippen molar-refractivity contribution >= 4 is 21.9 Å². The van der Waals surface area contributed by atoms with Gasteiger partial charge in [0.05, 0.1) is 6.54 Å². The van der Waals surface area contributed by atoms with Gasteiger partial charge in [-0.05, 0) is 25.0 Å². The van der Waals surface area contributed by atoms with Crippen molar-refractivity contribution < 1.29 is 36.3 Å². The van der Waals surface area contributed by atoms with Crippen LogP contribution in [0, 0.1) is 5.92 Å². The summed E-state index contributed by atoms with van der Waals surface area (Å²) in [5.74, 6) is -2.84. The lowest BCUT2D eigenvalue weighted by molar-refractivity contribution is -0.137. The number of alkyl halides is 2. The fourth-order valence-corrected chi connectivity index (χ4v) is 4.03. The first kappa shape index (κ1) is 19.3. The van der Waals surface area contributed by atoms with Gasteiger partial charge in [0, 0.05) is 26.1 Å². The minimum atomic E-state index is -4.00. The summed E-state index contributed by atoms with van der Waals surface area (Å²) >= 11 is 0. The van der Waals surface area contributed by atoms with Gasteiger partial charge >= 0.3 is 5.97 Å². The summed E-state index contributed by atoms with van der Waals surface area (Å²) in [6, 6.07) is 2.11. The molecule has 0 unspecified atom stereocenters. The predicted molar refractivity (Wildman–Crippen MR) is 80.8 cm³/mol. The van der Waals surface area contributed by atoms with E-state index in [0.29, 0.717) is 0 Å². The molecule has 1 aromatic rings. The van der Waals surface area contributed by atoms with Gasteiger partial charge in [0.2, 0.25) is 16.8 Å². The molecule has 0 spiro atoms. The molecule has 1 saturated heterocycles. The summed E-state index contributed by atoms with van der Waals surface area (Å²) in [5, 5.41) is 8.30. The normalized spacial score (nSPS) is 17.0. The average molecular weight is 380 g/mol. The van der Waals surface area contributed by atoms with E-state index in [1.54, 1.807) is 0 Å². The molecule has 0 aliphatic carbocycles. The Labute approximate surface area is 143 Å². The molecule has 8 nitrogen and oxygen atoms in total. The number of carboxylic acids is 1. The lowest BCUT2D eigenvalue weighted by Gasteiger charge is -2.31. The minimum Gasteiger partial charge on any atom is -0.475 e. The first-order valence-electron chi connectivity index (χ1n) is 7.49. The Balaban J connectivity index is 2.01. The van der Waals surface area contributed by atoms with Crippen LogP contribution in [0.5, 0.6) is 0 Å². The molecule has 2 heterocycles. The first-order chi connectivity index (χ1) is 11.6. The van der Waals surface area contributed by atoms with E-state index in [-0.39, 0.29) is 25.9 Å². The van der Waals surface area contributed by atoms with Crippen LogP contribution >= 0.6 is 0 Å². The third-order valence-electron chi connectivity index (χ3n) is 3.98. The highest BCUT2D eigenvalue weighted by atomic mass is 32.2. The first-order valence-corrected chi connectivity index (χ1v) is 8.93. The molecule has 0 aromatic carbocycles. The van der Waals surface area contributed by atoms with Crippen molar-refractivity contribution in [2.75, 3.05) is 26.7 Å². The summed E-state index contributed by atoms with van der Waals surface area (Å²) < 4.78 is 55.5. The summed E-state index contributed by atoms with van der Waals surface area (Å²) in [6.45, 7) is -0.629. The summed E-state index contributed by atoms with van der Waals surface area (Å²) in [6.07, 6.45) is -2.24. The second-order valence-electron chi connectivity index (χ2n) is 5.71. The molecule has 1 N–H and O–H groups in total. The molecule has 0 atom stereocenters. The number of nitrogens with zero attached hydrogens (tertiary/aromatic N) is 2. The Morgan fingerprint density at radius 2 is 1.96 bits per heavy atom. The van der Waals surface area contributed by atoms with Crippen LogP contribution in [0.1, 0.15) is 23.4 Å². The Kier molecular flexibility index (Phi) is 5.78. The second-order valence-corrected chi connectivity index (χ2v) is 7.58. The zero-order valence-corrected chi connectivity index (χ0v) is 14.2. The van der Waals surface area contributed by atoms with Crippen molar-refractivity contribution in [2.24, 2.45) is 5.92 Å². The molecule has 1 aliphatic heterocycles. The van der Waals surface area contributed by atoms with Crippen LogP contribution < -0.4 is 0 Å². The van der Waals surface area contributed by atoms with Gasteiger partial charge in [-0.2, -0.15) is 4.31 Å². The molecule has 0 radical (unpaired) electrons. The van der Waals surface area contributed by atoms with Gasteiger partial charge in [-0.15, -0.1) is 0 Å². The number of piperidine rings is 1. The van der Waals surface area contributed by atoms with Crippen molar-refractivity contribution in [1.82, 2.24) is 9.21 Å². The maximum atomic E-state index is 12.4. The molecule has 0 saturated carbocycles. The number of hydrogen-bond acceptors (Lipinski definition) is 5. The van der Waals surface area contributed by atoms with Crippen LogP contribution in [-0.2, 0) is 14.8 Å². The van der Waals surface area contributed by atoms with Gasteiger partial charge in [0.15, 0.2) is 0 Å². The zero-order chi connectivity index (χ0) is 18.8. The lowest BCUT2D eigenvalue weighted by atomic mass is 9.97. The summed E-state index contributed by atoms with van der Waals surface area (Å²) in [5.41, 5.74) is 0. The molecule has 0 bridgehead atoms. The molecule has 140 valence electrons. The van der Waals surface area contributed by atoms with Crippen LogP contribution in [-0.4, -0.2) is 67.7 Å². The number of carbonyl (C=O) groups is 2. The molecule has 1 aliphatic rings. The maximum absolute atomic E-state index is 12.4. The SMILES string of the molecule is CN(CC(F)F)C(=O)C1CCN(S(=O)(=O)c2ccc(C(=O)O)o2)CC1. The maximum Gasteiger partial charge on any atom is 0.371 e. The molecule has 1 amide bonds. The van der Waals surface area contributed by atoms with E-state index in [2.05, 4.69) is 0 Å². The number of carbonyl (C=O) groups excluding carboxylic acids is 1. The number of halogens is 2. The lowest BCUT2D eigenvalue weighted by Crippen LogP contribution is -2.44. The van der Waals surface area contributed by atoms with Gasteiger partial charge in [-0.3, -0.25) is 4.79 Å². The summed E-state index contributed by atoms with van der Waals surface area (Å²) in [4.78, 5) is 23.8. The standard InChI is InChI=1S/C14H18F2N2O6S/c1-17(8-11(15)16)13(19)9-4-6-18(7-5-9)25(22,23)12-3-2-10(24-12)14(20)21/h2-3,9,11H,4-8H2,1H3,(H,20,21). The molecular weight excluding hydrogens is 362 g/mol. The van der Waals surface area contributed by atoms with Crippen molar-refractivity contribution in [1.29, 1.82) is 0 Å². The van der Waals surface area contributed by atoms with Crippen molar-refractivity contribution in [3.8, 4) is 0 Å². The van der Waals surface area contributed by atoms with Crippen LogP contribution in [0.2, 0.25) is 0 Å². The van der Waals surface area contributed by atoms with Crippen LogP contribution in [0.15, 0.2) is 21.6 Å². The topological polar surface area (TPSA) is 108 Å². The van der Waals surface area contributed by atoms with E-state index < -0.39 is 51.6 Å². The number of rotatable bonds is 6. The Morgan fingerprint density at radius 1 is 1.36 bits per heavy atom. The van der Waals surface area contributed by atoms with Crippen LogP contribution in [0.25, 0.3) is 0 Å². The van der Waals surface area contributed by atoms with Crippen molar-refractivity contribution in [3.05, 3.63) is 17.9 Å². The van der Waals surface area contributed by atoms with Crippen LogP contribution in [0.4, 0.5) is 8.78 Å².